The van der Waals surface area contributed by atoms with Crippen molar-refractivity contribution >= 4 is 28.4 Å². The average Bonchev–Trinajstić information content (AvgIpc) is 3.40. The van der Waals surface area contributed by atoms with Crippen molar-refractivity contribution in [3.8, 4) is 0 Å². The van der Waals surface area contributed by atoms with Crippen molar-refractivity contribution in [3.05, 3.63) is 76.5 Å². The Morgan fingerprint density at radius 3 is 2.52 bits per heavy atom. The summed E-state index contributed by atoms with van der Waals surface area (Å²) in [4.78, 5) is 32.5. The van der Waals surface area contributed by atoms with E-state index in [-0.39, 0.29) is 11.9 Å². The molecule has 0 aliphatic carbocycles. The number of nitrogens with zero attached hydrogens (tertiary/aromatic N) is 4. The Kier molecular flexibility index (Phi) is 5.32. The van der Waals surface area contributed by atoms with E-state index < -0.39 is 0 Å². The fourth-order valence-electron chi connectivity index (χ4n) is 4.74. The minimum atomic E-state index is -0.0642. The highest BCUT2D eigenvalue weighted by Crippen LogP contribution is 2.34. The first-order chi connectivity index (χ1) is 15.9. The van der Waals surface area contributed by atoms with Crippen LogP contribution in [0.15, 0.2) is 42.5 Å². The molecule has 3 aromatic heterocycles. The van der Waals surface area contributed by atoms with Gasteiger partial charge >= 0.3 is 0 Å². The lowest BCUT2D eigenvalue weighted by Gasteiger charge is -2.24. The Bertz CT molecular complexity index is 1340. The first kappa shape index (κ1) is 21.1. The fourth-order valence-corrected chi connectivity index (χ4v) is 4.74. The summed E-state index contributed by atoms with van der Waals surface area (Å²) in [5.41, 5.74) is 7.26. The van der Waals surface area contributed by atoms with Crippen LogP contribution in [0.2, 0.25) is 0 Å². The molecule has 5 rings (SSSR count). The lowest BCUT2D eigenvalue weighted by Crippen LogP contribution is -2.31. The molecule has 1 saturated heterocycles. The van der Waals surface area contributed by atoms with E-state index in [1.807, 2.05) is 62.1 Å². The molecule has 1 aliphatic rings. The zero-order valence-electron chi connectivity index (χ0n) is 19.4. The first-order valence-electron chi connectivity index (χ1n) is 11.3. The van der Waals surface area contributed by atoms with E-state index in [0.29, 0.717) is 11.6 Å². The Morgan fingerprint density at radius 2 is 1.76 bits per heavy atom. The molecule has 1 unspecified atom stereocenters. The van der Waals surface area contributed by atoms with Gasteiger partial charge in [-0.15, -0.1) is 0 Å². The van der Waals surface area contributed by atoms with E-state index in [9.17, 15) is 4.79 Å². The molecule has 1 aromatic carbocycles. The van der Waals surface area contributed by atoms with Gasteiger partial charge in [0.2, 0.25) is 5.95 Å². The van der Waals surface area contributed by atoms with Crippen molar-refractivity contribution in [2.75, 3.05) is 11.9 Å². The number of rotatable bonds is 4. The summed E-state index contributed by atoms with van der Waals surface area (Å²) in [7, 11) is 0. The molecule has 0 radical (unpaired) electrons. The highest BCUT2D eigenvalue weighted by molar-refractivity contribution is 5.99. The van der Waals surface area contributed by atoms with E-state index in [0.717, 1.165) is 64.3 Å². The van der Waals surface area contributed by atoms with Gasteiger partial charge in [0.1, 0.15) is 5.69 Å². The number of aryl methyl sites for hydroxylation is 4. The molecule has 4 aromatic rings. The molecule has 1 aliphatic heterocycles. The van der Waals surface area contributed by atoms with E-state index >= 15 is 0 Å². The van der Waals surface area contributed by atoms with Crippen molar-refractivity contribution in [2.45, 2.75) is 46.6 Å². The largest absolute Gasteiger partial charge is 0.351 e. The third kappa shape index (κ3) is 4.18. The van der Waals surface area contributed by atoms with Crippen molar-refractivity contribution in [1.29, 1.82) is 0 Å². The number of H-pyrrole nitrogens is 1. The third-order valence-corrected chi connectivity index (χ3v) is 6.18. The molecule has 1 atom stereocenters. The van der Waals surface area contributed by atoms with Crippen LogP contribution in [0.4, 0.5) is 11.6 Å². The maximum atomic E-state index is 13.5. The summed E-state index contributed by atoms with van der Waals surface area (Å²) in [6.07, 6.45) is 1.84. The zero-order chi connectivity index (χ0) is 23.1. The number of fused-ring (bicyclic) bond motifs is 1. The molecule has 2 N–H and O–H groups in total. The number of amides is 1. The monoisotopic (exact) mass is 440 g/mol. The normalized spacial score (nSPS) is 15.9. The molecule has 0 bridgehead atoms. The maximum absolute atomic E-state index is 13.5. The number of nitrogens with one attached hydrogen (secondary N) is 2. The van der Waals surface area contributed by atoms with Crippen LogP contribution in [0.25, 0.3) is 10.9 Å². The second-order valence-electron chi connectivity index (χ2n) is 8.90. The molecular weight excluding hydrogens is 412 g/mol. The van der Waals surface area contributed by atoms with Crippen molar-refractivity contribution in [3.63, 3.8) is 0 Å². The van der Waals surface area contributed by atoms with E-state index in [1.54, 1.807) is 0 Å². The summed E-state index contributed by atoms with van der Waals surface area (Å²) in [6, 6.07) is 13.9. The highest BCUT2D eigenvalue weighted by atomic mass is 16.2. The van der Waals surface area contributed by atoms with Crippen LogP contribution >= 0.6 is 0 Å². The number of carbonyl (C=O) groups excluding carboxylic acids is 1. The summed E-state index contributed by atoms with van der Waals surface area (Å²) in [5, 5.41) is 4.41. The molecule has 33 heavy (non-hydrogen) atoms. The number of likely N-dealkylation sites (tertiary alicyclic amines) is 1. The number of pyridine rings is 1. The van der Waals surface area contributed by atoms with E-state index in [1.165, 1.54) is 0 Å². The Morgan fingerprint density at radius 1 is 1.00 bits per heavy atom. The molecule has 0 spiro atoms. The minimum absolute atomic E-state index is 0.0172. The van der Waals surface area contributed by atoms with Gasteiger partial charge in [-0.3, -0.25) is 9.78 Å². The van der Waals surface area contributed by atoms with E-state index in [4.69, 9.17) is 4.98 Å². The number of aromatic nitrogens is 4. The van der Waals surface area contributed by atoms with Gasteiger partial charge in [-0.25, -0.2) is 9.97 Å². The summed E-state index contributed by atoms with van der Waals surface area (Å²) in [5.74, 6) is 0.584. The van der Waals surface area contributed by atoms with Crippen LogP contribution in [-0.2, 0) is 0 Å². The fraction of sp³-hybridized carbons (Fsp3) is 0.308. The smallest absolute Gasteiger partial charge is 0.270 e. The minimum Gasteiger partial charge on any atom is -0.351 e. The van der Waals surface area contributed by atoms with Gasteiger partial charge in [0, 0.05) is 40.2 Å². The highest BCUT2D eigenvalue weighted by Gasteiger charge is 2.32. The van der Waals surface area contributed by atoms with Gasteiger partial charge in [0.15, 0.2) is 0 Å². The predicted molar refractivity (Wildman–Crippen MR) is 130 cm³/mol. The van der Waals surface area contributed by atoms with Crippen LogP contribution < -0.4 is 5.32 Å². The second kappa shape index (κ2) is 8.31. The second-order valence-corrected chi connectivity index (χ2v) is 8.90. The van der Waals surface area contributed by atoms with Gasteiger partial charge in [-0.2, -0.15) is 0 Å². The summed E-state index contributed by atoms with van der Waals surface area (Å²) < 4.78 is 0. The van der Waals surface area contributed by atoms with Crippen LogP contribution in [0.5, 0.6) is 0 Å². The number of aromatic amines is 1. The Labute approximate surface area is 193 Å². The number of hydrogen-bond acceptors (Lipinski definition) is 5. The van der Waals surface area contributed by atoms with Crippen LogP contribution in [0.3, 0.4) is 0 Å². The topological polar surface area (TPSA) is 86.8 Å². The van der Waals surface area contributed by atoms with Crippen LogP contribution in [0.1, 0.15) is 57.7 Å². The van der Waals surface area contributed by atoms with Gasteiger partial charge in [-0.05, 0) is 76.4 Å². The van der Waals surface area contributed by atoms with Gasteiger partial charge < -0.3 is 15.2 Å². The van der Waals surface area contributed by atoms with Crippen molar-refractivity contribution < 1.29 is 4.79 Å². The molecule has 168 valence electrons. The van der Waals surface area contributed by atoms with Crippen LogP contribution in [-0.4, -0.2) is 37.3 Å². The molecule has 0 saturated carbocycles. The number of carbonyl (C=O) groups is 1. The lowest BCUT2D eigenvalue weighted by molar-refractivity contribution is 0.0728. The molecule has 1 fully saturated rings. The Balaban J connectivity index is 1.44. The number of hydrogen-bond donors (Lipinski definition) is 2. The molecule has 7 nitrogen and oxygen atoms in total. The quantitative estimate of drug-likeness (QED) is 0.449. The lowest BCUT2D eigenvalue weighted by atomic mass is 10.1. The van der Waals surface area contributed by atoms with Crippen molar-refractivity contribution in [1.82, 2.24) is 24.8 Å². The summed E-state index contributed by atoms with van der Waals surface area (Å²) in [6.45, 7) is 8.66. The van der Waals surface area contributed by atoms with Gasteiger partial charge in [-0.1, -0.05) is 12.1 Å². The van der Waals surface area contributed by atoms with Crippen LogP contribution in [0, 0.1) is 27.7 Å². The first-order valence-corrected chi connectivity index (χ1v) is 11.3. The number of anilines is 2. The zero-order valence-corrected chi connectivity index (χ0v) is 19.4. The van der Waals surface area contributed by atoms with Gasteiger partial charge in [0.25, 0.3) is 5.91 Å². The average molecular weight is 441 g/mol. The van der Waals surface area contributed by atoms with Crippen molar-refractivity contribution in [2.24, 2.45) is 0 Å². The Hall–Kier alpha value is -3.74. The predicted octanol–water partition coefficient (Wildman–Crippen LogP) is 5.31. The maximum Gasteiger partial charge on any atom is 0.270 e. The van der Waals surface area contributed by atoms with Gasteiger partial charge in [0.05, 0.1) is 11.7 Å². The SMILES string of the molecule is Cc1cc(Nc2nc(C)cc(C)n2)cc(C2CCCN2C(=O)c2cc3c(C)cccc3[nH]2)n1. The molecule has 1 amide bonds. The third-order valence-electron chi connectivity index (χ3n) is 6.18. The summed E-state index contributed by atoms with van der Waals surface area (Å²) >= 11 is 0. The molecule has 7 heteroatoms. The van der Waals surface area contributed by atoms with E-state index in [2.05, 4.69) is 33.3 Å². The number of benzene rings is 1. The standard InChI is InChI=1S/C26H28N6O/c1-15-7-5-8-21-20(15)14-23(31-21)25(33)32-10-6-9-24(32)22-13-19(12-18(4)27-22)30-26-28-16(2)11-17(3)29-26/h5,7-8,11-14,24,31H,6,9-10H2,1-4H3,(H,27,28,29,30). The molecule has 4 heterocycles. The molecular formula is C26H28N6O.